The zero-order valence-corrected chi connectivity index (χ0v) is 15.7. The standard InChI is InChI=1S/C19H23N3O5/c1-4-26-16-8-13(5-6-15(16)25-3)14-9-19(24)22(10-14)11-18(23)20-17-7-12(2)27-21-17/h5-8,14H,4,9-11H2,1-3H3,(H,20,21,23)/t14-/m1/s1. The van der Waals surface area contributed by atoms with Crippen molar-refractivity contribution in [3.8, 4) is 11.5 Å². The molecule has 1 saturated heterocycles. The monoisotopic (exact) mass is 373 g/mol. The van der Waals surface area contributed by atoms with Gasteiger partial charge in [0.05, 0.1) is 20.3 Å². The molecule has 2 amide bonds. The third-order valence-electron chi connectivity index (χ3n) is 4.40. The number of ether oxygens (including phenoxy) is 2. The molecule has 3 rings (SSSR count). The van der Waals surface area contributed by atoms with Gasteiger partial charge in [0.2, 0.25) is 11.8 Å². The number of aromatic nitrogens is 1. The van der Waals surface area contributed by atoms with Gasteiger partial charge in [0.15, 0.2) is 17.3 Å². The first-order valence-electron chi connectivity index (χ1n) is 8.81. The predicted molar refractivity (Wildman–Crippen MR) is 98.0 cm³/mol. The van der Waals surface area contributed by atoms with E-state index in [9.17, 15) is 9.59 Å². The van der Waals surface area contributed by atoms with Crippen LogP contribution in [0.3, 0.4) is 0 Å². The van der Waals surface area contributed by atoms with Gasteiger partial charge in [-0.25, -0.2) is 0 Å². The smallest absolute Gasteiger partial charge is 0.245 e. The van der Waals surface area contributed by atoms with Crippen LogP contribution in [0.15, 0.2) is 28.8 Å². The Balaban J connectivity index is 1.64. The highest BCUT2D eigenvalue weighted by molar-refractivity contribution is 5.94. The number of likely N-dealkylation sites (tertiary alicyclic amines) is 1. The summed E-state index contributed by atoms with van der Waals surface area (Å²) in [5, 5.41) is 6.35. The van der Waals surface area contributed by atoms with Crippen molar-refractivity contribution in [2.24, 2.45) is 0 Å². The van der Waals surface area contributed by atoms with Crippen molar-refractivity contribution in [3.05, 3.63) is 35.6 Å². The molecule has 144 valence electrons. The normalized spacial score (nSPS) is 16.5. The number of hydrogen-bond donors (Lipinski definition) is 1. The molecule has 1 aliphatic heterocycles. The highest BCUT2D eigenvalue weighted by Gasteiger charge is 2.32. The third kappa shape index (κ3) is 4.39. The molecular formula is C19H23N3O5. The number of hydrogen-bond acceptors (Lipinski definition) is 6. The summed E-state index contributed by atoms with van der Waals surface area (Å²) < 4.78 is 15.8. The fourth-order valence-electron chi connectivity index (χ4n) is 3.14. The van der Waals surface area contributed by atoms with E-state index in [0.717, 1.165) is 5.56 Å². The largest absolute Gasteiger partial charge is 0.493 e. The molecule has 8 nitrogen and oxygen atoms in total. The summed E-state index contributed by atoms with van der Waals surface area (Å²) in [6, 6.07) is 7.30. The van der Waals surface area contributed by atoms with Crippen molar-refractivity contribution in [1.29, 1.82) is 0 Å². The summed E-state index contributed by atoms with van der Waals surface area (Å²) in [5.74, 6) is 1.91. The van der Waals surface area contributed by atoms with Crippen molar-refractivity contribution < 1.29 is 23.6 Å². The molecule has 2 aromatic rings. The highest BCUT2D eigenvalue weighted by atomic mass is 16.5. The number of nitrogens with one attached hydrogen (secondary N) is 1. The molecular weight excluding hydrogens is 350 g/mol. The number of aryl methyl sites for hydroxylation is 1. The van der Waals surface area contributed by atoms with Gasteiger partial charge in [-0.15, -0.1) is 0 Å². The second-order valence-corrected chi connectivity index (χ2v) is 6.39. The second kappa shape index (κ2) is 8.11. The summed E-state index contributed by atoms with van der Waals surface area (Å²) in [6.07, 6.45) is 0.355. The molecule has 27 heavy (non-hydrogen) atoms. The average molecular weight is 373 g/mol. The molecule has 8 heteroatoms. The van der Waals surface area contributed by atoms with Crippen LogP contribution in [-0.4, -0.2) is 48.7 Å². The Hall–Kier alpha value is -3.03. The Labute approximate surface area is 157 Å². The summed E-state index contributed by atoms with van der Waals surface area (Å²) in [4.78, 5) is 26.1. The zero-order chi connectivity index (χ0) is 19.4. The third-order valence-corrected chi connectivity index (χ3v) is 4.40. The minimum atomic E-state index is -0.304. The average Bonchev–Trinajstić information content (AvgIpc) is 3.21. The minimum absolute atomic E-state index is 0.00436. The van der Waals surface area contributed by atoms with Crippen LogP contribution in [0.2, 0.25) is 0 Å². The zero-order valence-electron chi connectivity index (χ0n) is 15.7. The lowest BCUT2D eigenvalue weighted by Crippen LogP contribution is -2.34. The number of methoxy groups -OCH3 is 1. The van der Waals surface area contributed by atoms with E-state index in [0.29, 0.717) is 42.6 Å². The van der Waals surface area contributed by atoms with E-state index in [1.54, 1.807) is 25.0 Å². The summed E-state index contributed by atoms with van der Waals surface area (Å²) in [5.41, 5.74) is 0.989. The van der Waals surface area contributed by atoms with Crippen molar-refractivity contribution in [1.82, 2.24) is 10.1 Å². The number of rotatable bonds is 7. The molecule has 0 spiro atoms. The quantitative estimate of drug-likeness (QED) is 0.801. The molecule has 1 fully saturated rings. The van der Waals surface area contributed by atoms with E-state index in [1.807, 2.05) is 25.1 Å². The number of anilines is 1. The van der Waals surface area contributed by atoms with Gasteiger partial charge in [-0.3, -0.25) is 9.59 Å². The molecule has 0 radical (unpaired) electrons. The molecule has 0 aliphatic carbocycles. The van der Waals surface area contributed by atoms with Gasteiger partial charge in [-0.1, -0.05) is 11.2 Å². The molecule has 1 N–H and O–H groups in total. The van der Waals surface area contributed by atoms with Crippen LogP contribution in [0.1, 0.15) is 30.6 Å². The molecule has 2 heterocycles. The van der Waals surface area contributed by atoms with Crippen LogP contribution in [0, 0.1) is 6.92 Å². The Morgan fingerprint density at radius 3 is 2.85 bits per heavy atom. The van der Waals surface area contributed by atoms with Crippen LogP contribution in [-0.2, 0) is 9.59 Å². The Bertz CT molecular complexity index is 833. The highest BCUT2D eigenvalue weighted by Crippen LogP contribution is 2.35. The van der Waals surface area contributed by atoms with Gasteiger partial charge in [0.25, 0.3) is 0 Å². The lowest BCUT2D eigenvalue weighted by Gasteiger charge is -2.17. The van der Waals surface area contributed by atoms with Crippen molar-refractivity contribution in [2.75, 3.05) is 32.1 Å². The van der Waals surface area contributed by atoms with Crippen molar-refractivity contribution >= 4 is 17.6 Å². The summed E-state index contributed by atoms with van der Waals surface area (Å²) >= 11 is 0. The Morgan fingerprint density at radius 1 is 1.37 bits per heavy atom. The molecule has 0 unspecified atom stereocenters. The number of benzene rings is 1. The van der Waals surface area contributed by atoms with Crippen molar-refractivity contribution in [3.63, 3.8) is 0 Å². The number of carbonyl (C=O) groups is 2. The summed E-state index contributed by atoms with van der Waals surface area (Å²) in [7, 11) is 1.59. The van der Waals surface area contributed by atoms with Gasteiger partial charge in [-0.05, 0) is 31.5 Å². The molecule has 0 bridgehead atoms. The van der Waals surface area contributed by atoms with Gasteiger partial charge in [-0.2, -0.15) is 0 Å². The Morgan fingerprint density at radius 2 is 2.19 bits per heavy atom. The minimum Gasteiger partial charge on any atom is -0.493 e. The fourth-order valence-corrected chi connectivity index (χ4v) is 3.14. The van der Waals surface area contributed by atoms with Gasteiger partial charge in [0, 0.05) is 24.9 Å². The van der Waals surface area contributed by atoms with E-state index in [4.69, 9.17) is 14.0 Å². The van der Waals surface area contributed by atoms with E-state index in [1.165, 1.54) is 0 Å². The van der Waals surface area contributed by atoms with Crippen LogP contribution < -0.4 is 14.8 Å². The van der Waals surface area contributed by atoms with E-state index in [-0.39, 0.29) is 24.3 Å². The maximum Gasteiger partial charge on any atom is 0.245 e. The molecule has 1 aliphatic rings. The summed E-state index contributed by atoms with van der Waals surface area (Å²) in [6.45, 7) is 4.62. The van der Waals surface area contributed by atoms with Crippen LogP contribution in [0.4, 0.5) is 5.82 Å². The number of nitrogens with zero attached hydrogens (tertiary/aromatic N) is 2. The maximum absolute atomic E-state index is 12.3. The van der Waals surface area contributed by atoms with Crippen molar-refractivity contribution in [2.45, 2.75) is 26.2 Å². The molecule has 0 saturated carbocycles. The fraction of sp³-hybridized carbons (Fsp3) is 0.421. The lowest BCUT2D eigenvalue weighted by atomic mass is 9.98. The van der Waals surface area contributed by atoms with Crippen LogP contribution in [0.25, 0.3) is 0 Å². The SMILES string of the molecule is CCOc1cc([C@@H]2CC(=O)N(CC(=O)Nc3cc(C)on3)C2)ccc1OC. The first kappa shape index (κ1) is 18.8. The Kier molecular flexibility index (Phi) is 5.63. The lowest BCUT2D eigenvalue weighted by molar-refractivity contribution is -0.131. The first-order valence-corrected chi connectivity index (χ1v) is 8.81. The molecule has 1 aromatic carbocycles. The first-order chi connectivity index (χ1) is 13.0. The second-order valence-electron chi connectivity index (χ2n) is 6.39. The van der Waals surface area contributed by atoms with Gasteiger partial charge in [0.1, 0.15) is 5.76 Å². The van der Waals surface area contributed by atoms with Gasteiger partial charge < -0.3 is 24.2 Å². The van der Waals surface area contributed by atoms with Gasteiger partial charge >= 0.3 is 0 Å². The number of carbonyl (C=O) groups excluding carboxylic acids is 2. The van der Waals surface area contributed by atoms with E-state index >= 15 is 0 Å². The van der Waals surface area contributed by atoms with Crippen LogP contribution >= 0.6 is 0 Å². The number of amides is 2. The van der Waals surface area contributed by atoms with Crippen LogP contribution in [0.5, 0.6) is 11.5 Å². The molecule has 1 aromatic heterocycles. The maximum atomic E-state index is 12.3. The van der Waals surface area contributed by atoms with E-state index in [2.05, 4.69) is 10.5 Å². The van der Waals surface area contributed by atoms with E-state index < -0.39 is 0 Å². The topological polar surface area (TPSA) is 93.9 Å². The molecule has 1 atom stereocenters. The predicted octanol–water partition coefficient (Wildman–Crippen LogP) is 2.34.